The maximum atomic E-state index is 13.8. The SMILES string of the molecule is CCOC(=O)C1CC(C(=O)NCc2ccc(F)cc2)N(C(=O)c2cccs2)C1c1ccc(OC)c(Br)c1. The van der Waals surface area contributed by atoms with Crippen LogP contribution in [0.25, 0.3) is 0 Å². The van der Waals surface area contributed by atoms with E-state index in [-0.39, 0.29) is 31.3 Å². The topological polar surface area (TPSA) is 84.9 Å². The number of nitrogens with zero attached hydrogens (tertiary/aromatic N) is 1. The minimum Gasteiger partial charge on any atom is -0.496 e. The van der Waals surface area contributed by atoms with Crippen LogP contribution in [-0.2, 0) is 20.9 Å². The lowest BCUT2D eigenvalue weighted by atomic mass is 9.93. The van der Waals surface area contributed by atoms with Gasteiger partial charge < -0.3 is 19.7 Å². The molecule has 1 N–H and O–H groups in total. The van der Waals surface area contributed by atoms with Crippen molar-refractivity contribution in [3.63, 3.8) is 0 Å². The van der Waals surface area contributed by atoms with E-state index in [4.69, 9.17) is 9.47 Å². The Kier molecular flexibility index (Phi) is 8.60. The van der Waals surface area contributed by atoms with Gasteiger partial charge in [-0.3, -0.25) is 14.4 Å². The summed E-state index contributed by atoms with van der Waals surface area (Å²) in [7, 11) is 1.55. The standard InChI is InChI=1S/C27H26BrFN2O5S/c1-3-36-27(34)19-14-21(25(32)30-15-16-6-9-18(29)10-7-16)31(26(33)23-5-4-12-37-23)24(19)17-8-11-22(35-2)20(28)13-17/h4-13,19,21,24H,3,14-15H2,1-2H3,(H,30,32). The van der Waals surface area contributed by atoms with Crippen LogP contribution in [0.2, 0.25) is 0 Å². The number of nitrogens with one attached hydrogen (secondary N) is 1. The Hall–Kier alpha value is -3.24. The van der Waals surface area contributed by atoms with Crippen LogP contribution in [0.5, 0.6) is 5.75 Å². The molecule has 1 aliphatic heterocycles. The van der Waals surface area contributed by atoms with Crippen molar-refractivity contribution in [1.82, 2.24) is 10.2 Å². The molecule has 3 atom stereocenters. The van der Waals surface area contributed by atoms with Gasteiger partial charge in [-0.2, -0.15) is 0 Å². The largest absolute Gasteiger partial charge is 0.496 e. The first-order chi connectivity index (χ1) is 17.8. The van der Waals surface area contributed by atoms with Gasteiger partial charge in [0.25, 0.3) is 5.91 Å². The number of rotatable bonds is 8. The molecule has 2 amide bonds. The van der Waals surface area contributed by atoms with E-state index < -0.39 is 29.9 Å². The highest BCUT2D eigenvalue weighted by Crippen LogP contribution is 2.44. The number of hydrogen-bond donors (Lipinski definition) is 1. The van der Waals surface area contributed by atoms with Crippen LogP contribution in [0, 0.1) is 11.7 Å². The number of amides is 2. The molecule has 7 nitrogen and oxygen atoms in total. The summed E-state index contributed by atoms with van der Waals surface area (Å²) in [6, 6.07) is 12.9. The Bertz CT molecular complexity index is 1270. The molecule has 10 heteroatoms. The van der Waals surface area contributed by atoms with Crippen molar-refractivity contribution in [1.29, 1.82) is 0 Å². The van der Waals surface area contributed by atoms with Gasteiger partial charge in [0.1, 0.15) is 17.6 Å². The molecule has 1 aromatic heterocycles. The Labute approximate surface area is 226 Å². The molecule has 1 aliphatic rings. The van der Waals surface area contributed by atoms with E-state index in [1.54, 1.807) is 61.9 Å². The number of halogens is 2. The zero-order valence-electron chi connectivity index (χ0n) is 20.3. The molecule has 0 spiro atoms. The first-order valence-corrected chi connectivity index (χ1v) is 13.4. The summed E-state index contributed by atoms with van der Waals surface area (Å²) < 4.78 is 24.6. The van der Waals surface area contributed by atoms with Crippen LogP contribution in [0.4, 0.5) is 4.39 Å². The third-order valence-electron chi connectivity index (χ3n) is 6.25. The molecule has 37 heavy (non-hydrogen) atoms. The van der Waals surface area contributed by atoms with Crippen molar-refractivity contribution in [2.45, 2.75) is 32.0 Å². The number of carbonyl (C=O) groups excluding carboxylic acids is 3. The summed E-state index contributed by atoms with van der Waals surface area (Å²) in [5.74, 6) is -1.76. The fourth-order valence-electron chi connectivity index (χ4n) is 4.54. The second-order valence-electron chi connectivity index (χ2n) is 8.48. The van der Waals surface area contributed by atoms with E-state index in [9.17, 15) is 18.8 Å². The van der Waals surface area contributed by atoms with Gasteiger partial charge in [0.15, 0.2) is 0 Å². The molecule has 0 bridgehead atoms. The van der Waals surface area contributed by atoms with Gasteiger partial charge in [-0.1, -0.05) is 24.3 Å². The van der Waals surface area contributed by atoms with Crippen molar-refractivity contribution in [2.75, 3.05) is 13.7 Å². The molecule has 3 unspecified atom stereocenters. The van der Waals surface area contributed by atoms with Gasteiger partial charge in [-0.05, 0) is 76.1 Å². The van der Waals surface area contributed by atoms with E-state index in [1.165, 1.54) is 28.4 Å². The smallest absolute Gasteiger partial charge is 0.311 e. The van der Waals surface area contributed by atoms with Crippen LogP contribution in [0.3, 0.4) is 0 Å². The molecule has 194 valence electrons. The molecule has 2 aromatic carbocycles. The Balaban J connectivity index is 1.72. The molecule has 2 heterocycles. The number of hydrogen-bond acceptors (Lipinski definition) is 6. The summed E-state index contributed by atoms with van der Waals surface area (Å²) >= 11 is 4.75. The molecule has 3 aromatic rings. The maximum Gasteiger partial charge on any atom is 0.311 e. The van der Waals surface area contributed by atoms with E-state index in [2.05, 4.69) is 21.2 Å². The number of carbonyl (C=O) groups is 3. The van der Waals surface area contributed by atoms with Gasteiger partial charge in [0.05, 0.1) is 35.0 Å². The van der Waals surface area contributed by atoms with E-state index in [0.717, 1.165) is 0 Å². The number of ether oxygens (including phenoxy) is 2. The average Bonchev–Trinajstić information content (AvgIpc) is 3.57. The molecular weight excluding hydrogens is 563 g/mol. The minimum atomic E-state index is -0.921. The van der Waals surface area contributed by atoms with Crippen LogP contribution in [0.1, 0.15) is 40.2 Å². The second-order valence-corrected chi connectivity index (χ2v) is 10.3. The molecule has 4 rings (SSSR count). The van der Waals surface area contributed by atoms with Gasteiger partial charge >= 0.3 is 5.97 Å². The van der Waals surface area contributed by atoms with Crippen molar-refractivity contribution in [3.05, 3.63) is 86.3 Å². The second kappa shape index (κ2) is 11.9. The fraction of sp³-hybridized carbons (Fsp3) is 0.296. The fourth-order valence-corrected chi connectivity index (χ4v) is 5.77. The molecule has 0 saturated carbocycles. The van der Waals surface area contributed by atoms with Crippen LogP contribution >= 0.6 is 27.3 Å². The normalized spacial score (nSPS) is 18.9. The Morgan fingerprint density at radius 3 is 2.54 bits per heavy atom. The predicted octanol–water partition coefficient (Wildman–Crippen LogP) is 5.11. The molecule has 0 radical (unpaired) electrons. The Morgan fingerprint density at radius 1 is 1.16 bits per heavy atom. The van der Waals surface area contributed by atoms with Crippen molar-refractivity contribution >= 4 is 45.1 Å². The highest BCUT2D eigenvalue weighted by atomic mass is 79.9. The minimum absolute atomic E-state index is 0.0967. The molecule has 0 aliphatic carbocycles. The van der Waals surface area contributed by atoms with Crippen LogP contribution < -0.4 is 10.1 Å². The predicted molar refractivity (Wildman–Crippen MR) is 141 cm³/mol. The zero-order valence-corrected chi connectivity index (χ0v) is 22.7. The number of thiophene rings is 1. The molecule has 1 fully saturated rings. The van der Waals surface area contributed by atoms with Gasteiger partial charge in [-0.25, -0.2) is 4.39 Å². The lowest BCUT2D eigenvalue weighted by Gasteiger charge is -2.31. The molecular formula is C27H26BrFN2O5S. The third-order valence-corrected chi connectivity index (χ3v) is 7.73. The summed E-state index contributed by atoms with van der Waals surface area (Å²) in [6.45, 7) is 2.04. The highest BCUT2D eigenvalue weighted by molar-refractivity contribution is 9.10. The lowest BCUT2D eigenvalue weighted by Crippen LogP contribution is -2.46. The lowest BCUT2D eigenvalue weighted by molar-refractivity contribution is -0.148. The van der Waals surface area contributed by atoms with Crippen molar-refractivity contribution in [2.24, 2.45) is 5.92 Å². The van der Waals surface area contributed by atoms with Crippen LogP contribution in [-0.4, -0.2) is 42.4 Å². The van der Waals surface area contributed by atoms with Crippen LogP contribution in [0.15, 0.2) is 64.5 Å². The Morgan fingerprint density at radius 2 is 1.92 bits per heavy atom. The molecule has 1 saturated heterocycles. The highest BCUT2D eigenvalue weighted by Gasteiger charge is 2.51. The van der Waals surface area contributed by atoms with E-state index in [1.807, 2.05) is 0 Å². The summed E-state index contributed by atoms with van der Waals surface area (Å²) in [5.41, 5.74) is 1.38. The maximum absolute atomic E-state index is 13.8. The number of methoxy groups -OCH3 is 1. The van der Waals surface area contributed by atoms with Crippen molar-refractivity contribution < 1.29 is 28.2 Å². The monoisotopic (exact) mass is 588 g/mol. The summed E-state index contributed by atoms with van der Waals surface area (Å²) in [5, 5.41) is 4.64. The van der Waals surface area contributed by atoms with Gasteiger partial charge in [0.2, 0.25) is 5.91 Å². The van der Waals surface area contributed by atoms with Gasteiger partial charge in [-0.15, -0.1) is 11.3 Å². The number of likely N-dealkylation sites (tertiary alicyclic amines) is 1. The summed E-state index contributed by atoms with van der Waals surface area (Å²) in [4.78, 5) is 42.3. The first kappa shape index (κ1) is 26.8. The first-order valence-electron chi connectivity index (χ1n) is 11.7. The quantitative estimate of drug-likeness (QED) is 0.370. The number of benzene rings is 2. The third kappa shape index (κ3) is 5.86. The zero-order chi connectivity index (χ0) is 26.5. The van der Waals surface area contributed by atoms with E-state index in [0.29, 0.717) is 26.2 Å². The van der Waals surface area contributed by atoms with Crippen molar-refractivity contribution in [3.8, 4) is 5.75 Å². The number of esters is 1. The summed E-state index contributed by atoms with van der Waals surface area (Å²) in [6.07, 6.45) is 0.0967. The van der Waals surface area contributed by atoms with E-state index >= 15 is 0 Å². The average molecular weight is 589 g/mol. The van der Waals surface area contributed by atoms with Gasteiger partial charge in [0, 0.05) is 6.54 Å².